The van der Waals surface area contributed by atoms with Gasteiger partial charge in [0, 0.05) is 16.1 Å². The Balaban J connectivity index is 2.01. The lowest BCUT2D eigenvalue weighted by molar-refractivity contribution is 0.523. The highest BCUT2D eigenvalue weighted by Crippen LogP contribution is 2.35. The summed E-state index contributed by atoms with van der Waals surface area (Å²) in [4.78, 5) is 9.00. The maximum absolute atomic E-state index is 14.6. The van der Waals surface area contributed by atoms with E-state index in [9.17, 15) is 13.3 Å². The normalized spacial score (nSPS) is 14.4. The molecule has 1 aromatic carbocycles. The fourth-order valence-corrected chi connectivity index (χ4v) is 6.25. The lowest BCUT2D eigenvalue weighted by Crippen LogP contribution is -2.30. The molecule has 0 aliphatic heterocycles. The Labute approximate surface area is 188 Å². The number of hydrogen-bond acceptors (Lipinski definition) is 6. The van der Waals surface area contributed by atoms with E-state index in [1.807, 2.05) is 12.3 Å². The molecule has 2 N–H and O–H groups in total. The van der Waals surface area contributed by atoms with Crippen LogP contribution >= 0.6 is 39.0 Å². The molecule has 0 aliphatic rings. The molecule has 0 saturated heterocycles. The Morgan fingerprint density at radius 1 is 1.28 bits per heavy atom. The van der Waals surface area contributed by atoms with E-state index in [1.165, 1.54) is 29.2 Å². The third-order valence-corrected chi connectivity index (χ3v) is 8.69. The predicted octanol–water partition coefficient (Wildman–Crippen LogP) is 5.60. The van der Waals surface area contributed by atoms with Crippen LogP contribution < -0.4 is 5.73 Å². The van der Waals surface area contributed by atoms with Gasteiger partial charge in [0.1, 0.15) is 10.6 Å². The van der Waals surface area contributed by atoms with Crippen LogP contribution in [0.2, 0.25) is 0 Å². The zero-order valence-electron chi connectivity index (χ0n) is 16.3. The van der Waals surface area contributed by atoms with Gasteiger partial charge in [-0.15, -0.1) is 11.3 Å². The average Bonchev–Trinajstić information content (AvgIpc) is 3.01. The summed E-state index contributed by atoms with van der Waals surface area (Å²) >= 11 is 4.88. The van der Waals surface area contributed by atoms with Crippen molar-refractivity contribution in [3.05, 3.63) is 45.6 Å². The molecule has 29 heavy (non-hydrogen) atoms. The molecule has 2 atom stereocenters. The second-order valence-corrected chi connectivity index (χ2v) is 12.5. The summed E-state index contributed by atoms with van der Waals surface area (Å²) in [5.41, 5.74) is 7.76. The van der Waals surface area contributed by atoms with Gasteiger partial charge in [0.15, 0.2) is 20.7 Å². The van der Waals surface area contributed by atoms with Gasteiger partial charge in [-0.1, -0.05) is 11.8 Å². The number of aromatic nitrogens is 2. The van der Waals surface area contributed by atoms with Gasteiger partial charge in [-0.05, 0) is 72.7 Å². The lowest BCUT2D eigenvalue weighted by Gasteiger charge is -2.26. The molecule has 0 spiro atoms. The second-order valence-electron chi connectivity index (χ2n) is 7.43. The number of nitrogens with two attached hydrogens (primary N) is 1. The van der Waals surface area contributed by atoms with E-state index in [0.29, 0.717) is 15.8 Å². The van der Waals surface area contributed by atoms with Crippen LogP contribution in [0.1, 0.15) is 38.1 Å². The second kappa shape index (κ2) is 8.76. The molecule has 156 valence electrons. The first-order chi connectivity index (χ1) is 13.5. The number of rotatable bonds is 5. The van der Waals surface area contributed by atoms with Gasteiger partial charge in [0.2, 0.25) is 0 Å². The van der Waals surface area contributed by atoms with Gasteiger partial charge < -0.3 is 10.3 Å². The maximum Gasteiger partial charge on any atom is 0.192 e. The highest BCUT2D eigenvalue weighted by atomic mass is 79.9. The van der Waals surface area contributed by atoms with Gasteiger partial charge in [0.25, 0.3) is 0 Å². The van der Waals surface area contributed by atoms with Gasteiger partial charge in [-0.25, -0.2) is 18.7 Å². The van der Waals surface area contributed by atoms with Crippen LogP contribution in [0.5, 0.6) is 0 Å². The Kier molecular flexibility index (Phi) is 6.92. The molecule has 0 aliphatic carbocycles. The van der Waals surface area contributed by atoms with E-state index < -0.39 is 33.6 Å². The molecule has 0 fully saturated rings. The first-order valence-corrected chi connectivity index (χ1v) is 12.7. The number of halogens is 3. The predicted molar refractivity (Wildman–Crippen MR) is 120 cm³/mol. The number of thioether (sulfide) groups is 1. The summed E-state index contributed by atoms with van der Waals surface area (Å²) in [5, 5.41) is 0. The fourth-order valence-electron chi connectivity index (χ4n) is 2.79. The molecule has 0 saturated carbocycles. The third-order valence-electron chi connectivity index (χ3n) is 4.14. The van der Waals surface area contributed by atoms with Crippen molar-refractivity contribution >= 4 is 60.6 Å². The Bertz CT molecular complexity index is 1060. The number of thiazole rings is 1. The minimum atomic E-state index is -1.67. The molecular weight excluding hydrogens is 500 g/mol. The molecule has 0 bridgehead atoms. The SMILES string of the molecule is CSc1nc2nc(C(N)Cc3cc(F)cc(F)c3[S+]([O-])C(C)(C)C)c(Br)cc2s1. The number of hydrogen-bond donors (Lipinski definition) is 1. The largest absolute Gasteiger partial charge is 0.611 e. The van der Waals surface area contributed by atoms with E-state index in [2.05, 4.69) is 25.9 Å². The molecule has 2 aromatic heterocycles. The van der Waals surface area contributed by atoms with E-state index >= 15 is 0 Å². The first kappa shape index (κ1) is 22.9. The quantitative estimate of drug-likeness (QED) is 0.350. The highest BCUT2D eigenvalue weighted by Gasteiger charge is 2.34. The summed E-state index contributed by atoms with van der Waals surface area (Å²) in [6.45, 7) is 5.23. The molecule has 3 aromatic rings. The minimum Gasteiger partial charge on any atom is -0.611 e. The van der Waals surface area contributed by atoms with Crippen LogP contribution in [0.4, 0.5) is 8.78 Å². The molecule has 10 heteroatoms. The minimum absolute atomic E-state index is 0.00937. The van der Waals surface area contributed by atoms with E-state index in [4.69, 9.17) is 5.73 Å². The summed E-state index contributed by atoms with van der Waals surface area (Å²) < 4.78 is 43.2. The molecular formula is C19H20BrF2N3OS3. The van der Waals surface area contributed by atoms with E-state index in [-0.39, 0.29) is 16.9 Å². The Morgan fingerprint density at radius 3 is 2.59 bits per heavy atom. The molecule has 0 amide bonds. The number of pyridine rings is 1. The molecule has 4 nitrogen and oxygen atoms in total. The van der Waals surface area contributed by atoms with Crippen LogP contribution in [-0.4, -0.2) is 25.5 Å². The number of fused-ring (bicyclic) bond motifs is 1. The molecule has 3 rings (SSSR count). The van der Waals surface area contributed by atoms with Gasteiger partial charge in [0.05, 0.1) is 16.4 Å². The third kappa shape index (κ3) is 4.94. The lowest BCUT2D eigenvalue weighted by atomic mass is 10.0. The van der Waals surface area contributed by atoms with Crippen molar-refractivity contribution < 1.29 is 13.3 Å². The molecule has 2 heterocycles. The Morgan fingerprint density at radius 2 is 1.97 bits per heavy atom. The maximum atomic E-state index is 14.6. The van der Waals surface area contributed by atoms with Gasteiger partial charge in [-0.3, -0.25) is 0 Å². The zero-order chi connectivity index (χ0) is 21.5. The van der Waals surface area contributed by atoms with Crippen molar-refractivity contribution in [2.24, 2.45) is 5.73 Å². The van der Waals surface area contributed by atoms with Crippen LogP contribution in [0.15, 0.2) is 31.9 Å². The fraction of sp³-hybridized carbons (Fsp3) is 0.368. The van der Waals surface area contributed by atoms with Crippen LogP contribution in [0, 0.1) is 11.6 Å². The smallest absolute Gasteiger partial charge is 0.192 e. The number of nitrogens with zero attached hydrogens (tertiary/aromatic N) is 2. The first-order valence-electron chi connectivity index (χ1n) is 8.67. The monoisotopic (exact) mass is 519 g/mol. The zero-order valence-corrected chi connectivity index (χ0v) is 20.3. The Hall–Kier alpha value is -0.780. The van der Waals surface area contributed by atoms with Crippen molar-refractivity contribution in [3.8, 4) is 0 Å². The summed E-state index contributed by atoms with van der Waals surface area (Å²) in [7, 11) is 0. The molecule has 0 radical (unpaired) electrons. The van der Waals surface area contributed by atoms with E-state index in [1.54, 1.807) is 20.8 Å². The van der Waals surface area contributed by atoms with Crippen molar-refractivity contribution in [3.63, 3.8) is 0 Å². The van der Waals surface area contributed by atoms with Gasteiger partial charge in [-0.2, -0.15) is 0 Å². The van der Waals surface area contributed by atoms with Crippen LogP contribution in [0.3, 0.4) is 0 Å². The van der Waals surface area contributed by atoms with Crippen molar-refractivity contribution in [2.45, 2.75) is 47.2 Å². The number of benzene rings is 1. The van der Waals surface area contributed by atoms with Gasteiger partial charge >= 0.3 is 0 Å². The summed E-state index contributed by atoms with van der Waals surface area (Å²) in [6.07, 6.45) is 2.03. The van der Waals surface area contributed by atoms with Crippen LogP contribution in [-0.2, 0) is 17.6 Å². The van der Waals surface area contributed by atoms with Crippen molar-refractivity contribution in [2.75, 3.05) is 6.26 Å². The molecule has 2 unspecified atom stereocenters. The van der Waals surface area contributed by atoms with Crippen molar-refractivity contribution in [1.82, 2.24) is 9.97 Å². The average molecular weight is 520 g/mol. The summed E-state index contributed by atoms with van der Waals surface area (Å²) in [6, 6.07) is 3.19. The summed E-state index contributed by atoms with van der Waals surface area (Å²) in [5.74, 6) is -1.56. The van der Waals surface area contributed by atoms with Crippen LogP contribution in [0.25, 0.3) is 10.3 Å². The highest BCUT2D eigenvalue weighted by molar-refractivity contribution is 9.10. The topological polar surface area (TPSA) is 74.9 Å². The standard InChI is InChI=1S/C19H20BrF2N3OS3/c1-19(2,3)29(26)16-9(5-10(21)7-12(16)22)6-13(23)15-11(20)8-14-17(24-15)25-18(27-4)28-14/h5,7-8,13H,6,23H2,1-4H3. The van der Waals surface area contributed by atoms with Crippen molar-refractivity contribution in [1.29, 1.82) is 0 Å². The van der Waals surface area contributed by atoms with E-state index in [0.717, 1.165) is 15.1 Å².